The van der Waals surface area contributed by atoms with E-state index in [1.807, 2.05) is 21.1 Å². The van der Waals surface area contributed by atoms with Crippen LogP contribution >= 0.6 is 7.82 Å². The normalized spacial score (nSPS) is 15.2. The van der Waals surface area contributed by atoms with Gasteiger partial charge in [0.05, 0.1) is 34.4 Å². The molecule has 0 aromatic heterocycles. The molecular formula is C37H62NO7P. The molecule has 0 aromatic carbocycles. The molecule has 2 atom stereocenters. The molecule has 0 aliphatic carbocycles. The predicted molar refractivity (Wildman–Crippen MR) is 189 cm³/mol. The Morgan fingerprint density at radius 2 is 1.15 bits per heavy atom. The van der Waals surface area contributed by atoms with Crippen LogP contribution in [0.3, 0.4) is 0 Å². The highest BCUT2D eigenvalue weighted by molar-refractivity contribution is 7.45. The van der Waals surface area contributed by atoms with Gasteiger partial charge in [-0.15, -0.1) is 0 Å². The van der Waals surface area contributed by atoms with E-state index >= 15 is 0 Å². The van der Waals surface area contributed by atoms with E-state index in [4.69, 9.17) is 18.5 Å². The van der Waals surface area contributed by atoms with Crippen molar-refractivity contribution in [2.24, 2.45) is 0 Å². The largest absolute Gasteiger partial charge is 0.756 e. The summed E-state index contributed by atoms with van der Waals surface area (Å²) in [5.74, 6) is -0.444. The zero-order chi connectivity index (χ0) is 34.2. The van der Waals surface area contributed by atoms with Crippen molar-refractivity contribution in [3.05, 3.63) is 85.1 Å². The second kappa shape index (κ2) is 30.0. The maximum Gasteiger partial charge on any atom is 0.305 e. The van der Waals surface area contributed by atoms with E-state index in [0.29, 0.717) is 17.6 Å². The van der Waals surface area contributed by atoms with Crippen molar-refractivity contribution in [3.8, 4) is 0 Å². The number of nitrogens with zero attached hydrogens (tertiary/aromatic N) is 1. The third-order valence-electron chi connectivity index (χ3n) is 6.27. The van der Waals surface area contributed by atoms with E-state index in [-0.39, 0.29) is 26.2 Å². The number of phosphoric acid groups is 1. The van der Waals surface area contributed by atoms with Gasteiger partial charge in [0, 0.05) is 13.0 Å². The van der Waals surface area contributed by atoms with Crippen LogP contribution in [0.2, 0.25) is 0 Å². The summed E-state index contributed by atoms with van der Waals surface area (Å²) in [6, 6.07) is 0. The number of unbranched alkanes of at least 4 members (excludes halogenated alkanes) is 2. The smallest absolute Gasteiger partial charge is 0.305 e. The number of esters is 1. The Bertz CT molecular complexity index is 1010. The Morgan fingerprint density at radius 1 is 0.674 bits per heavy atom. The highest BCUT2D eigenvalue weighted by Crippen LogP contribution is 2.38. The summed E-state index contributed by atoms with van der Waals surface area (Å²) in [6.45, 7) is 4.54. The van der Waals surface area contributed by atoms with Gasteiger partial charge >= 0.3 is 5.97 Å². The fourth-order valence-corrected chi connectivity index (χ4v) is 4.34. The number of ether oxygens (including phenoxy) is 2. The topological polar surface area (TPSA) is 94.1 Å². The molecule has 0 bridgehead atoms. The van der Waals surface area contributed by atoms with E-state index in [1.165, 1.54) is 0 Å². The Morgan fingerprint density at radius 3 is 1.61 bits per heavy atom. The molecule has 0 aliphatic rings. The Kier molecular flexibility index (Phi) is 28.5. The number of carbonyl (C=O) groups is 1. The molecule has 0 heterocycles. The molecule has 262 valence electrons. The minimum atomic E-state index is -4.50. The quantitative estimate of drug-likeness (QED) is 0.0261. The number of hydrogen-bond acceptors (Lipinski definition) is 7. The number of rotatable bonds is 29. The van der Waals surface area contributed by atoms with Gasteiger partial charge in [-0.25, -0.2) is 0 Å². The third kappa shape index (κ3) is 33.1. The lowest BCUT2D eigenvalue weighted by Crippen LogP contribution is -2.37. The molecule has 0 radical (unpaired) electrons. The second-order valence-electron chi connectivity index (χ2n) is 11.7. The first-order valence-electron chi connectivity index (χ1n) is 16.8. The lowest BCUT2D eigenvalue weighted by Gasteiger charge is -2.28. The van der Waals surface area contributed by atoms with Crippen LogP contribution in [-0.4, -0.2) is 70.7 Å². The van der Waals surface area contributed by atoms with Gasteiger partial charge in [-0.1, -0.05) is 98.9 Å². The average Bonchev–Trinajstić information content (AvgIpc) is 3.00. The van der Waals surface area contributed by atoms with Crippen LogP contribution in [0.4, 0.5) is 0 Å². The number of hydrogen-bond donors (Lipinski definition) is 0. The van der Waals surface area contributed by atoms with Crippen molar-refractivity contribution in [1.29, 1.82) is 0 Å². The molecule has 2 unspecified atom stereocenters. The van der Waals surface area contributed by atoms with Crippen molar-refractivity contribution < 1.29 is 37.3 Å². The lowest BCUT2D eigenvalue weighted by atomic mass is 10.2. The summed E-state index contributed by atoms with van der Waals surface area (Å²) in [4.78, 5) is 23.8. The zero-order valence-corrected chi connectivity index (χ0v) is 30.1. The van der Waals surface area contributed by atoms with Crippen LogP contribution in [0, 0.1) is 0 Å². The van der Waals surface area contributed by atoms with Crippen molar-refractivity contribution in [1.82, 2.24) is 0 Å². The highest BCUT2D eigenvalue weighted by Gasteiger charge is 2.19. The molecule has 0 rings (SSSR count). The standard InChI is InChI=1S/C37H62NO7P/c1-6-8-9-10-11-12-13-14-15-16-17-18-19-20-21-22-23-24-25-26-27-28-29-30-32-42-34-36(45-37(39)7-2)35-44-46(40,41)43-33-31-38(3,4)5/h8-9,11-12,14-15,17-18,20-21,23-24,26-27,36H,6-7,10,13,16,19,22,25,28-35H2,1-5H3/b9-8-,12-11-,15-14-,18-17-,21-20-,24-23-,27-26-. The minimum absolute atomic E-state index is 0.00995. The van der Waals surface area contributed by atoms with E-state index < -0.39 is 19.9 Å². The minimum Gasteiger partial charge on any atom is -0.756 e. The fraction of sp³-hybridized carbons (Fsp3) is 0.595. The maximum absolute atomic E-state index is 12.0. The van der Waals surface area contributed by atoms with Crippen molar-refractivity contribution in [3.63, 3.8) is 0 Å². The molecule has 9 heteroatoms. The summed E-state index contributed by atoms with van der Waals surface area (Å²) < 4.78 is 33.4. The Labute approximate surface area is 280 Å². The van der Waals surface area contributed by atoms with Crippen molar-refractivity contribution in [2.45, 2.75) is 90.6 Å². The fourth-order valence-electron chi connectivity index (χ4n) is 3.62. The van der Waals surface area contributed by atoms with Gasteiger partial charge in [-0.05, 0) is 64.2 Å². The first-order chi connectivity index (χ1) is 22.1. The molecule has 0 amide bonds. The van der Waals surface area contributed by atoms with Crippen LogP contribution in [0.25, 0.3) is 0 Å². The van der Waals surface area contributed by atoms with E-state index in [9.17, 15) is 14.3 Å². The third-order valence-corrected chi connectivity index (χ3v) is 7.23. The molecule has 0 saturated heterocycles. The molecule has 0 N–H and O–H groups in total. The molecule has 46 heavy (non-hydrogen) atoms. The first kappa shape index (κ1) is 43.7. The van der Waals surface area contributed by atoms with Crippen LogP contribution in [0.15, 0.2) is 85.1 Å². The van der Waals surface area contributed by atoms with Gasteiger partial charge in [-0.2, -0.15) is 0 Å². The maximum atomic E-state index is 12.0. The van der Waals surface area contributed by atoms with Crippen molar-refractivity contribution in [2.75, 3.05) is 54.1 Å². The van der Waals surface area contributed by atoms with Gasteiger partial charge in [0.1, 0.15) is 19.3 Å². The van der Waals surface area contributed by atoms with Crippen molar-refractivity contribution >= 4 is 13.8 Å². The van der Waals surface area contributed by atoms with Crippen LogP contribution in [0.1, 0.15) is 84.5 Å². The monoisotopic (exact) mass is 663 g/mol. The summed E-state index contributed by atoms with van der Waals surface area (Å²) in [5.41, 5.74) is 0. The van der Waals surface area contributed by atoms with Crippen LogP contribution in [-0.2, 0) is 27.9 Å². The molecule has 8 nitrogen and oxygen atoms in total. The molecule has 0 spiro atoms. The molecule has 0 fully saturated rings. The SMILES string of the molecule is CC/C=C\C/C=C\C/C=C\C/C=C\C/C=C\C/C=C\C/C=C\CCCCOCC(COP(=O)([O-])OCC[N+](C)(C)C)OC(=O)CC. The highest BCUT2D eigenvalue weighted by atomic mass is 31.2. The number of quaternary nitrogens is 1. The summed E-state index contributed by atoms with van der Waals surface area (Å²) in [7, 11) is 1.30. The average molecular weight is 664 g/mol. The number of allylic oxidation sites excluding steroid dienone is 14. The van der Waals surface area contributed by atoms with Gasteiger partial charge in [0.2, 0.25) is 0 Å². The number of carbonyl (C=O) groups excluding carboxylic acids is 1. The Hall–Kier alpha value is -2.32. The Balaban J connectivity index is 3.96. The lowest BCUT2D eigenvalue weighted by molar-refractivity contribution is -0.870. The molecule has 0 saturated carbocycles. The second-order valence-corrected chi connectivity index (χ2v) is 13.2. The van der Waals surface area contributed by atoms with E-state index in [2.05, 4.69) is 92.0 Å². The van der Waals surface area contributed by atoms with E-state index in [1.54, 1.807) is 6.92 Å². The molecular weight excluding hydrogens is 601 g/mol. The molecule has 0 aromatic rings. The molecule has 0 aliphatic heterocycles. The summed E-state index contributed by atoms with van der Waals surface area (Å²) >= 11 is 0. The summed E-state index contributed by atoms with van der Waals surface area (Å²) in [6.07, 6.45) is 39.8. The van der Waals surface area contributed by atoms with Gasteiger partial charge < -0.3 is 27.9 Å². The first-order valence-corrected chi connectivity index (χ1v) is 18.3. The van der Waals surface area contributed by atoms with Gasteiger partial charge in [0.25, 0.3) is 7.82 Å². The predicted octanol–water partition coefficient (Wildman–Crippen LogP) is 8.35. The van der Waals surface area contributed by atoms with Gasteiger partial charge in [-0.3, -0.25) is 9.36 Å². The number of phosphoric ester groups is 1. The number of likely N-dealkylation sites (N-methyl/N-ethyl adjacent to an activating group) is 1. The van der Waals surface area contributed by atoms with Crippen LogP contribution in [0.5, 0.6) is 0 Å². The van der Waals surface area contributed by atoms with E-state index in [0.717, 1.165) is 64.2 Å². The zero-order valence-electron chi connectivity index (χ0n) is 29.2. The van der Waals surface area contributed by atoms with Crippen LogP contribution < -0.4 is 4.89 Å². The van der Waals surface area contributed by atoms with Gasteiger partial charge in [0.15, 0.2) is 0 Å². The summed E-state index contributed by atoms with van der Waals surface area (Å²) in [5, 5.41) is 0.